The maximum absolute atomic E-state index is 13.8. The van der Waals surface area contributed by atoms with Crippen molar-refractivity contribution >= 4 is 39.2 Å². The van der Waals surface area contributed by atoms with Gasteiger partial charge in [0.05, 0.1) is 29.4 Å². The number of esters is 1. The molecule has 230 valence electrons. The van der Waals surface area contributed by atoms with Crippen LogP contribution in [-0.4, -0.2) is 40.1 Å². The minimum Gasteiger partial charge on any atom is -0.493 e. The number of rotatable bonds is 8. The molecule has 0 spiro atoms. The minimum atomic E-state index is -0.326. The van der Waals surface area contributed by atoms with E-state index in [0.717, 1.165) is 75.6 Å². The number of aryl methyl sites for hydroxylation is 3. The first-order chi connectivity index (χ1) is 21.4. The molecule has 0 radical (unpaired) electrons. The molecule has 0 saturated heterocycles. The zero-order chi connectivity index (χ0) is 30.8. The number of halogens is 2. The standard InChI is InChI=1S/C35H38ClFN4O3/c1-4-29-32-28(39-40(29)3)21-38-17-6-7-18-41-33-26(15-16-27(36)31(32)33)25(34(41)35(42)43-5-2)11-9-19-44-30-12-8-10-22-20-23(37)13-14-24(22)30/h8,10,12-16,20,38H,4-7,9,11,17-19,21H2,1-3H3. The van der Waals surface area contributed by atoms with Gasteiger partial charge < -0.3 is 19.4 Å². The molecule has 6 rings (SSSR count). The Morgan fingerprint density at radius 1 is 1.09 bits per heavy atom. The maximum Gasteiger partial charge on any atom is 0.355 e. The van der Waals surface area contributed by atoms with Crippen molar-refractivity contribution in [2.75, 3.05) is 19.8 Å². The summed E-state index contributed by atoms with van der Waals surface area (Å²) in [5.74, 6) is 0.112. The van der Waals surface area contributed by atoms with Gasteiger partial charge in [0.1, 0.15) is 17.3 Å². The lowest BCUT2D eigenvalue weighted by Crippen LogP contribution is -2.17. The molecule has 0 bridgehead atoms. The van der Waals surface area contributed by atoms with Crippen molar-refractivity contribution < 1.29 is 18.7 Å². The second-order valence-corrected chi connectivity index (χ2v) is 11.6. The van der Waals surface area contributed by atoms with Gasteiger partial charge in [-0.05, 0) is 86.9 Å². The summed E-state index contributed by atoms with van der Waals surface area (Å²) < 4.78 is 29.7. The summed E-state index contributed by atoms with van der Waals surface area (Å²) in [6.45, 7) is 6.85. The highest BCUT2D eigenvalue weighted by molar-refractivity contribution is 6.35. The van der Waals surface area contributed by atoms with Gasteiger partial charge in [-0.3, -0.25) is 4.68 Å². The van der Waals surface area contributed by atoms with E-state index in [4.69, 9.17) is 26.2 Å². The van der Waals surface area contributed by atoms with Crippen molar-refractivity contribution in [1.29, 1.82) is 0 Å². The zero-order valence-electron chi connectivity index (χ0n) is 25.5. The summed E-state index contributed by atoms with van der Waals surface area (Å²) >= 11 is 7.06. The molecular weight excluding hydrogens is 579 g/mol. The average molecular weight is 617 g/mol. The minimum absolute atomic E-state index is 0.274. The van der Waals surface area contributed by atoms with E-state index in [0.29, 0.717) is 49.0 Å². The third-order valence-corrected chi connectivity index (χ3v) is 8.79. The van der Waals surface area contributed by atoms with E-state index < -0.39 is 0 Å². The fraction of sp³-hybridized carbons (Fsp3) is 0.371. The van der Waals surface area contributed by atoms with Crippen LogP contribution < -0.4 is 10.1 Å². The van der Waals surface area contributed by atoms with Crippen LogP contribution in [0.2, 0.25) is 5.02 Å². The third-order valence-electron chi connectivity index (χ3n) is 8.48. The predicted molar refractivity (Wildman–Crippen MR) is 173 cm³/mol. The van der Waals surface area contributed by atoms with Crippen molar-refractivity contribution in [1.82, 2.24) is 19.7 Å². The predicted octanol–water partition coefficient (Wildman–Crippen LogP) is 7.62. The Morgan fingerprint density at radius 2 is 1.93 bits per heavy atom. The van der Waals surface area contributed by atoms with Crippen molar-refractivity contribution in [2.45, 2.75) is 59.0 Å². The molecule has 0 fully saturated rings. The van der Waals surface area contributed by atoms with Gasteiger partial charge in [0.2, 0.25) is 0 Å². The van der Waals surface area contributed by atoms with Gasteiger partial charge in [-0.15, -0.1) is 0 Å². The zero-order valence-corrected chi connectivity index (χ0v) is 26.3. The number of benzene rings is 3. The number of nitrogens with one attached hydrogen (secondary N) is 1. The lowest BCUT2D eigenvalue weighted by atomic mass is 9.97. The van der Waals surface area contributed by atoms with Crippen molar-refractivity contribution in [2.24, 2.45) is 7.05 Å². The quantitative estimate of drug-likeness (QED) is 0.143. The smallest absolute Gasteiger partial charge is 0.355 e. The topological polar surface area (TPSA) is 70.3 Å². The number of hydrogen-bond donors (Lipinski definition) is 1. The molecule has 3 heterocycles. The molecule has 0 unspecified atom stereocenters. The lowest BCUT2D eigenvalue weighted by Gasteiger charge is -2.15. The Morgan fingerprint density at radius 3 is 2.75 bits per heavy atom. The first-order valence-electron chi connectivity index (χ1n) is 15.5. The normalized spacial score (nSPS) is 13.6. The number of ether oxygens (including phenoxy) is 2. The average Bonchev–Trinajstić information content (AvgIpc) is 3.48. The van der Waals surface area contributed by atoms with E-state index in [1.165, 1.54) is 12.1 Å². The number of carbonyl (C=O) groups is 1. The van der Waals surface area contributed by atoms with Gasteiger partial charge in [-0.2, -0.15) is 5.10 Å². The molecule has 0 saturated carbocycles. The second-order valence-electron chi connectivity index (χ2n) is 11.2. The molecular formula is C35H38ClFN4O3. The number of carbonyl (C=O) groups excluding carboxylic acids is 1. The molecule has 1 N–H and O–H groups in total. The number of nitrogens with zero attached hydrogens (tertiary/aromatic N) is 3. The van der Waals surface area contributed by atoms with Crippen LogP contribution in [0.25, 0.3) is 32.8 Å². The fourth-order valence-electron chi connectivity index (χ4n) is 6.59. The summed E-state index contributed by atoms with van der Waals surface area (Å²) in [6, 6.07) is 14.3. The van der Waals surface area contributed by atoms with Crippen LogP contribution in [-0.2, 0) is 37.7 Å². The van der Waals surface area contributed by atoms with Crippen LogP contribution in [0.4, 0.5) is 4.39 Å². The first-order valence-corrected chi connectivity index (χ1v) is 15.9. The van der Waals surface area contributed by atoms with Crippen molar-refractivity contribution in [3.8, 4) is 16.9 Å². The van der Waals surface area contributed by atoms with Crippen LogP contribution >= 0.6 is 11.6 Å². The Balaban J connectivity index is 1.45. The number of aromatic nitrogens is 3. The maximum atomic E-state index is 13.8. The Kier molecular flexibility index (Phi) is 8.91. The van der Waals surface area contributed by atoms with Crippen LogP contribution in [0.15, 0.2) is 48.5 Å². The van der Waals surface area contributed by atoms with Gasteiger partial charge in [0.15, 0.2) is 0 Å². The van der Waals surface area contributed by atoms with E-state index in [1.54, 1.807) is 6.07 Å². The fourth-order valence-corrected chi connectivity index (χ4v) is 6.83. The van der Waals surface area contributed by atoms with E-state index in [-0.39, 0.29) is 18.4 Å². The summed E-state index contributed by atoms with van der Waals surface area (Å²) in [5.41, 5.74) is 6.50. The Hall–Kier alpha value is -3.88. The third kappa shape index (κ3) is 5.57. The van der Waals surface area contributed by atoms with Crippen LogP contribution in [0.3, 0.4) is 0 Å². The monoisotopic (exact) mass is 616 g/mol. The Bertz CT molecular complexity index is 1840. The highest BCUT2D eigenvalue weighted by Gasteiger charge is 2.29. The SMILES string of the molecule is CCOC(=O)c1c(CCCOc2cccc3cc(F)ccc23)c2ccc(Cl)c3c2n1CCCCNCc1nn(C)c(CC)c1-3. The van der Waals surface area contributed by atoms with Crippen LogP contribution in [0, 0.1) is 5.82 Å². The van der Waals surface area contributed by atoms with E-state index in [9.17, 15) is 9.18 Å². The molecule has 3 aromatic carbocycles. The Labute approximate surface area is 261 Å². The van der Waals surface area contributed by atoms with E-state index in [2.05, 4.69) is 16.8 Å². The molecule has 7 nitrogen and oxygen atoms in total. The summed E-state index contributed by atoms with van der Waals surface area (Å²) in [5, 5.41) is 11.7. The highest BCUT2D eigenvalue weighted by Crippen LogP contribution is 2.43. The lowest BCUT2D eigenvalue weighted by molar-refractivity contribution is 0.0512. The molecule has 0 aliphatic carbocycles. The summed E-state index contributed by atoms with van der Waals surface area (Å²) in [4.78, 5) is 13.7. The molecule has 1 aliphatic heterocycles. The molecule has 44 heavy (non-hydrogen) atoms. The number of fused-ring (bicyclic) bond motifs is 3. The van der Waals surface area contributed by atoms with Crippen molar-refractivity contribution in [3.05, 3.63) is 82.0 Å². The van der Waals surface area contributed by atoms with Crippen LogP contribution in [0.5, 0.6) is 5.75 Å². The molecule has 0 amide bonds. The molecule has 2 aromatic heterocycles. The molecule has 5 aromatic rings. The van der Waals surface area contributed by atoms with Gasteiger partial charge in [0.25, 0.3) is 0 Å². The molecule has 9 heteroatoms. The second kappa shape index (κ2) is 13.0. The van der Waals surface area contributed by atoms with Gasteiger partial charge in [-0.1, -0.05) is 36.7 Å². The van der Waals surface area contributed by atoms with Crippen LogP contribution in [0.1, 0.15) is 60.5 Å². The van der Waals surface area contributed by atoms with Gasteiger partial charge in [-0.25, -0.2) is 9.18 Å². The van der Waals surface area contributed by atoms with Crippen molar-refractivity contribution in [3.63, 3.8) is 0 Å². The van der Waals surface area contributed by atoms with E-state index in [1.807, 2.05) is 49.0 Å². The largest absolute Gasteiger partial charge is 0.493 e. The molecule has 0 atom stereocenters. The van der Waals surface area contributed by atoms with E-state index >= 15 is 0 Å². The number of hydrogen-bond acceptors (Lipinski definition) is 5. The summed E-state index contributed by atoms with van der Waals surface area (Å²) in [6.07, 6.45) is 3.93. The van der Waals surface area contributed by atoms with Gasteiger partial charge >= 0.3 is 5.97 Å². The first kappa shape index (κ1) is 30.2. The molecule has 1 aliphatic rings. The highest BCUT2D eigenvalue weighted by atomic mass is 35.5. The summed E-state index contributed by atoms with van der Waals surface area (Å²) in [7, 11) is 1.98. The van der Waals surface area contributed by atoms with Gasteiger partial charge in [0, 0.05) is 47.7 Å².